The first-order valence-corrected chi connectivity index (χ1v) is 12.0. The van der Waals surface area contributed by atoms with Gasteiger partial charge in [-0.1, -0.05) is 34.8 Å². The number of halogens is 3. The Morgan fingerprint density at radius 1 is 1.17 bits per heavy atom. The Balaban J connectivity index is 1.74. The largest absolute Gasteiger partial charge is 0.492 e. The Hall–Kier alpha value is -1.51. The third kappa shape index (κ3) is 5.39. The number of piperidine rings is 1. The molecule has 1 aliphatic rings. The van der Waals surface area contributed by atoms with Crippen LogP contribution in [0.2, 0.25) is 15.1 Å². The van der Waals surface area contributed by atoms with Gasteiger partial charge in [-0.3, -0.25) is 4.79 Å². The number of rotatable bonds is 6. The number of hydrogen-bond acceptors (Lipinski definition) is 4. The molecular weight excluding hydrogens is 471 g/mol. The molecule has 1 atom stereocenters. The van der Waals surface area contributed by atoms with Gasteiger partial charge in [0.05, 0.1) is 22.4 Å². The van der Waals surface area contributed by atoms with Crippen molar-refractivity contribution in [1.82, 2.24) is 4.31 Å². The number of amides is 1. The normalized spacial score (nSPS) is 17.5. The lowest BCUT2D eigenvalue weighted by Crippen LogP contribution is -2.43. The monoisotopic (exact) mass is 490 g/mol. The lowest BCUT2D eigenvalue weighted by atomic mass is 9.99. The molecule has 0 spiro atoms. The second-order valence-corrected chi connectivity index (χ2v) is 10.1. The molecule has 1 fully saturated rings. The molecule has 1 amide bonds. The van der Waals surface area contributed by atoms with Gasteiger partial charge in [-0.2, -0.15) is 4.31 Å². The highest BCUT2D eigenvalue weighted by molar-refractivity contribution is 7.89. The van der Waals surface area contributed by atoms with Crippen molar-refractivity contribution in [1.29, 1.82) is 0 Å². The van der Waals surface area contributed by atoms with Gasteiger partial charge in [-0.25, -0.2) is 8.42 Å². The maximum atomic E-state index is 13.1. The molecule has 0 unspecified atom stereocenters. The summed E-state index contributed by atoms with van der Waals surface area (Å²) in [6.45, 7) is 2.65. The average Bonchev–Trinajstić information content (AvgIpc) is 2.69. The zero-order chi connectivity index (χ0) is 21.9. The van der Waals surface area contributed by atoms with Crippen LogP contribution in [0.4, 0.5) is 5.69 Å². The molecule has 6 nitrogen and oxygen atoms in total. The van der Waals surface area contributed by atoms with Crippen LogP contribution >= 0.6 is 34.8 Å². The molecule has 0 radical (unpaired) electrons. The van der Waals surface area contributed by atoms with Crippen LogP contribution in [0.3, 0.4) is 0 Å². The van der Waals surface area contributed by atoms with Gasteiger partial charge in [0.1, 0.15) is 5.75 Å². The average molecular weight is 492 g/mol. The maximum Gasteiger partial charge on any atom is 0.243 e. The molecule has 0 aliphatic carbocycles. The Bertz CT molecular complexity index is 1030. The van der Waals surface area contributed by atoms with Crippen LogP contribution in [0.25, 0.3) is 0 Å². The molecule has 2 aromatic rings. The molecule has 2 aromatic carbocycles. The van der Waals surface area contributed by atoms with Gasteiger partial charge < -0.3 is 10.1 Å². The molecule has 0 bridgehead atoms. The first-order chi connectivity index (χ1) is 14.2. The minimum Gasteiger partial charge on any atom is -0.492 e. The first kappa shape index (κ1) is 23.2. The molecule has 0 saturated carbocycles. The third-order valence-electron chi connectivity index (χ3n) is 4.73. The summed E-state index contributed by atoms with van der Waals surface area (Å²) in [6.07, 6.45) is 1.15. The summed E-state index contributed by atoms with van der Waals surface area (Å²) in [7, 11) is -3.80. The summed E-state index contributed by atoms with van der Waals surface area (Å²) in [5.41, 5.74) is 0.468. The predicted octanol–water partition coefficient (Wildman–Crippen LogP) is 5.08. The molecule has 162 valence electrons. The fourth-order valence-corrected chi connectivity index (χ4v) is 5.69. The van der Waals surface area contributed by atoms with Crippen LogP contribution in [0.5, 0.6) is 5.75 Å². The van der Waals surface area contributed by atoms with Crippen molar-refractivity contribution in [2.75, 3.05) is 25.0 Å². The first-order valence-electron chi connectivity index (χ1n) is 9.40. The van der Waals surface area contributed by atoms with Crippen molar-refractivity contribution in [3.63, 3.8) is 0 Å². The van der Waals surface area contributed by atoms with Crippen LogP contribution in [0.1, 0.15) is 19.8 Å². The third-order valence-corrected chi connectivity index (χ3v) is 7.32. The number of ether oxygens (including phenoxy) is 1. The molecular formula is C20H21Cl3N2O4S. The van der Waals surface area contributed by atoms with Crippen molar-refractivity contribution in [2.45, 2.75) is 24.7 Å². The predicted molar refractivity (Wildman–Crippen MR) is 119 cm³/mol. The molecule has 10 heteroatoms. The smallest absolute Gasteiger partial charge is 0.243 e. The lowest BCUT2D eigenvalue weighted by molar-refractivity contribution is -0.120. The number of anilines is 1. The van der Waals surface area contributed by atoms with Crippen molar-refractivity contribution < 1.29 is 17.9 Å². The summed E-state index contributed by atoms with van der Waals surface area (Å²) < 4.78 is 32.8. The summed E-state index contributed by atoms with van der Waals surface area (Å²) in [6, 6.07) is 9.12. The summed E-state index contributed by atoms with van der Waals surface area (Å²) in [5.74, 6) is -0.350. The van der Waals surface area contributed by atoms with Crippen molar-refractivity contribution in [3.05, 3.63) is 51.5 Å². The maximum absolute atomic E-state index is 13.1. The standard InChI is InChI=1S/C20H21Cl3N2O4S/c1-2-29-19-6-5-17(11-18(19)23)30(27,28)25-7-3-4-13(12-25)20(26)24-16-9-14(21)8-15(22)10-16/h5-6,8-11,13H,2-4,7,12H2,1H3,(H,24,26)/t13-/m0/s1. The van der Waals surface area contributed by atoms with E-state index in [-0.39, 0.29) is 22.4 Å². The highest BCUT2D eigenvalue weighted by Gasteiger charge is 2.33. The Morgan fingerprint density at radius 2 is 1.87 bits per heavy atom. The lowest BCUT2D eigenvalue weighted by Gasteiger charge is -2.31. The number of hydrogen-bond donors (Lipinski definition) is 1. The number of carbonyl (C=O) groups excluding carboxylic acids is 1. The minimum atomic E-state index is -3.80. The van der Waals surface area contributed by atoms with Crippen molar-refractivity contribution in [2.24, 2.45) is 5.92 Å². The molecule has 1 aliphatic heterocycles. The highest BCUT2D eigenvalue weighted by Crippen LogP contribution is 2.31. The molecule has 1 heterocycles. The van der Waals surface area contributed by atoms with Crippen LogP contribution in [0.15, 0.2) is 41.3 Å². The van der Waals surface area contributed by atoms with Gasteiger partial charge in [0.15, 0.2) is 0 Å². The number of nitrogens with one attached hydrogen (secondary N) is 1. The van der Waals surface area contributed by atoms with E-state index in [1.807, 2.05) is 6.92 Å². The number of carbonyl (C=O) groups is 1. The molecule has 1 saturated heterocycles. The van der Waals surface area contributed by atoms with Gasteiger partial charge in [-0.05, 0) is 56.2 Å². The Labute approximate surface area is 191 Å². The fraction of sp³-hybridized carbons (Fsp3) is 0.350. The number of sulfonamides is 1. The van der Waals surface area contributed by atoms with E-state index in [0.717, 1.165) is 0 Å². The van der Waals surface area contributed by atoms with Crippen molar-refractivity contribution >= 4 is 56.4 Å². The number of nitrogens with zero attached hydrogens (tertiary/aromatic N) is 1. The van der Waals surface area contributed by atoms with E-state index in [1.165, 1.54) is 22.5 Å². The van der Waals surface area contributed by atoms with E-state index in [0.29, 0.717) is 47.5 Å². The zero-order valence-electron chi connectivity index (χ0n) is 16.2. The SMILES string of the molecule is CCOc1ccc(S(=O)(=O)N2CCC[C@H](C(=O)Nc3cc(Cl)cc(Cl)c3)C2)cc1Cl. The van der Waals surface area contributed by atoms with E-state index in [9.17, 15) is 13.2 Å². The van der Waals surface area contributed by atoms with Gasteiger partial charge in [0, 0.05) is 28.8 Å². The second kappa shape index (κ2) is 9.75. The molecule has 3 rings (SSSR count). The molecule has 1 N–H and O–H groups in total. The van der Waals surface area contributed by atoms with E-state index in [1.54, 1.807) is 18.2 Å². The van der Waals surface area contributed by atoms with Gasteiger partial charge in [-0.15, -0.1) is 0 Å². The Kier molecular flexibility index (Phi) is 7.52. The van der Waals surface area contributed by atoms with E-state index in [4.69, 9.17) is 39.5 Å². The van der Waals surface area contributed by atoms with Gasteiger partial charge in [0.2, 0.25) is 15.9 Å². The second-order valence-electron chi connectivity index (χ2n) is 6.87. The molecule has 30 heavy (non-hydrogen) atoms. The topological polar surface area (TPSA) is 75.7 Å². The van der Waals surface area contributed by atoms with Gasteiger partial charge in [0.25, 0.3) is 0 Å². The van der Waals surface area contributed by atoms with E-state index >= 15 is 0 Å². The van der Waals surface area contributed by atoms with E-state index in [2.05, 4.69) is 5.32 Å². The summed E-state index contributed by atoms with van der Waals surface area (Å²) in [4.78, 5) is 12.8. The zero-order valence-corrected chi connectivity index (χ0v) is 19.3. The van der Waals surface area contributed by atoms with Crippen LogP contribution in [-0.4, -0.2) is 38.3 Å². The summed E-state index contributed by atoms with van der Waals surface area (Å²) in [5, 5.41) is 3.79. The van der Waals surface area contributed by atoms with Crippen LogP contribution in [-0.2, 0) is 14.8 Å². The number of benzene rings is 2. The minimum absolute atomic E-state index is 0.0682. The molecule has 0 aromatic heterocycles. The van der Waals surface area contributed by atoms with Crippen LogP contribution in [0, 0.1) is 5.92 Å². The van der Waals surface area contributed by atoms with E-state index < -0.39 is 15.9 Å². The van der Waals surface area contributed by atoms with Crippen molar-refractivity contribution in [3.8, 4) is 5.75 Å². The van der Waals surface area contributed by atoms with Crippen LogP contribution < -0.4 is 10.1 Å². The quantitative estimate of drug-likeness (QED) is 0.611. The summed E-state index contributed by atoms with van der Waals surface area (Å²) >= 11 is 18.1. The Morgan fingerprint density at radius 3 is 2.50 bits per heavy atom. The fourth-order valence-electron chi connectivity index (χ4n) is 3.31. The highest BCUT2D eigenvalue weighted by atomic mass is 35.5. The van der Waals surface area contributed by atoms with Gasteiger partial charge >= 0.3 is 0 Å².